The molecular weight excluding hydrogens is 503 g/mol. The van der Waals surface area contributed by atoms with Crippen molar-refractivity contribution in [1.82, 2.24) is 39.7 Å². The van der Waals surface area contributed by atoms with E-state index in [0.29, 0.717) is 44.4 Å². The highest BCUT2D eigenvalue weighted by molar-refractivity contribution is 7.24. The molecule has 0 aromatic carbocycles. The first-order chi connectivity index (χ1) is 18.7. The zero-order valence-corrected chi connectivity index (χ0v) is 20.7. The van der Waals surface area contributed by atoms with Gasteiger partial charge in [0, 0.05) is 35.3 Å². The number of hydrogen-bond acceptors (Lipinski definition) is 7. The minimum atomic E-state index is -0.477. The highest BCUT2D eigenvalue weighted by Gasteiger charge is 2.26. The molecule has 0 atom stereocenters. The van der Waals surface area contributed by atoms with E-state index in [2.05, 4.69) is 30.1 Å². The van der Waals surface area contributed by atoms with E-state index in [1.807, 2.05) is 12.1 Å². The van der Waals surface area contributed by atoms with Crippen molar-refractivity contribution in [2.75, 3.05) is 0 Å². The van der Waals surface area contributed by atoms with Crippen LogP contribution in [0.15, 0.2) is 49.1 Å². The van der Waals surface area contributed by atoms with Crippen LogP contribution in [-0.2, 0) is 0 Å². The molecule has 3 aliphatic rings. The lowest BCUT2D eigenvalue weighted by Gasteiger charge is -2.12. The summed E-state index contributed by atoms with van der Waals surface area (Å²) in [6, 6.07) is 7.47. The third-order valence-corrected chi connectivity index (χ3v) is 8.48. The molecule has 1 fully saturated rings. The second kappa shape index (κ2) is 7.99. The lowest BCUT2D eigenvalue weighted by molar-refractivity contribution is 0.0847. The van der Waals surface area contributed by atoms with Gasteiger partial charge in [0.15, 0.2) is 11.3 Å². The smallest absolute Gasteiger partial charge is 0.235 e. The fraction of sp³-hybridized carbons (Fsp3) is 0.185. The quantitative estimate of drug-likeness (QED) is 0.267. The number of halogens is 1. The molecule has 0 radical (unpaired) electrons. The molecule has 5 aromatic heterocycles. The summed E-state index contributed by atoms with van der Waals surface area (Å²) < 4.78 is 18.8. The van der Waals surface area contributed by atoms with Crippen molar-refractivity contribution in [3.05, 3.63) is 54.9 Å². The average molecular weight is 523 g/mol. The zero-order valence-electron chi connectivity index (χ0n) is 19.9. The molecule has 38 heavy (non-hydrogen) atoms. The molecule has 8 bridgehead atoms. The van der Waals surface area contributed by atoms with E-state index < -0.39 is 5.82 Å². The topological polar surface area (TPSA) is 118 Å². The maximum Gasteiger partial charge on any atom is 0.235 e. The molecule has 186 valence electrons. The number of nitrogens with zero attached hydrogens (tertiary/aromatic N) is 6. The molecule has 1 aliphatic carbocycles. The Bertz CT molecular complexity index is 2100. The molecule has 0 saturated heterocycles. The first-order valence-electron chi connectivity index (χ1n) is 12.4. The summed E-state index contributed by atoms with van der Waals surface area (Å²) in [5, 5.41) is 6.72. The van der Waals surface area contributed by atoms with Crippen molar-refractivity contribution in [1.29, 1.82) is 0 Å². The summed E-state index contributed by atoms with van der Waals surface area (Å²) in [6.07, 6.45) is 10.2. The van der Waals surface area contributed by atoms with Crippen LogP contribution in [0.25, 0.3) is 64.9 Å². The van der Waals surface area contributed by atoms with Crippen LogP contribution >= 0.6 is 11.3 Å². The summed E-state index contributed by atoms with van der Waals surface area (Å²) in [5.74, 6) is -0.517. The number of aromatic nitrogens is 8. The first-order valence-corrected chi connectivity index (χ1v) is 13.2. The number of nitrogens with one attached hydrogen (secondary N) is 2. The number of pyridine rings is 3. The fourth-order valence-electron chi connectivity index (χ4n) is 5.54. The van der Waals surface area contributed by atoms with Gasteiger partial charge in [0.2, 0.25) is 5.91 Å². The minimum absolute atomic E-state index is 0.0253. The Morgan fingerprint density at radius 3 is 2.82 bits per heavy atom. The van der Waals surface area contributed by atoms with Crippen molar-refractivity contribution in [2.24, 2.45) is 5.92 Å². The number of rotatable bonds is 1. The fourth-order valence-corrected chi connectivity index (χ4v) is 6.57. The molecule has 2 aliphatic heterocycles. The summed E-state index contributed by atoms with van der Waals surface area (Å²) >= 11 is 1.46. The third kappa shape index (κ3) is 3.08. The van der Waals surface area contributed by atoms with Gasteiger partial charge < -0.3 is 0 Å². The van der Waals surface area contributed by atoms with E-state index in [4.69, 9.17) is 4.98 Å². The lowest BCUT2D eigenvalue weighted by atomic mass is 10.1. The predicted octanol–water partition coefficient (Wildman–Crippen LogP) is 6.15. The van der Waals surface area contributed by atoms with Crippen molar-refractivity contribution in [3.63, 3.8) is 0 Å². The summed E-state index contributed by atoms with van der Waals surface area (Å²) in [5.41, 5.74) is 3.84. The molecule has 11 heteroatoms. The molecule has 0 amide bonds. The predicted molar refractivity (Wildman–Crippen MR) is 144 cm³/mol. The Hall–Kier alpha value is -4.51. The second-order valence-corrected chi connectivity index (χ2v) is 10.7. The summed E-state index contributed by atoms with van der Waals surface area (Å²) in [7, 11) is 0. The number of fused-ring (bicyclic) bond motifs is 9. The largest absolute Gasteiger partial charge is 0.295 e. The Balaban J connectivity index is 1.59. The molecule has 5 aromatic rings. The number of imidazole rings is 1. The molecule has 8 rings (SSSR count). The Labute approximate surface area is 217 Å². The zero-order chi connectivity index (χ0) is 25.4. The Morgan fingerprint density at radius 2 is 1.92 bits per heavy atom. The van der Waals surface area contributed by atoms with E-state index in [1.54, 1.807) is 35.3 Å². The van der Waals surface area contributed by atoms with Gasteiger partial charge in [0.05, 0.1) is 27.5 Å². The maximum atomic E-state index is 16.2. The highest BCUT2D eigenvalue weighted by Crippen LogP contribution is 2.35. The average Bonchev–Trinajstić information content (AvgIpc) is 3.74. The number of H-pyrrole nitrogens is 2. The van der Waals surface area contributed by atoms with Gasteiger partial charge in [-0.1, -0.05) is 12.8 Å². The molecule has 9 nitrogen and oxygen atoms in total. The molecule has 2 N–H and O–H groups in total. The molecule has 7 heterocycles. The van der Waals surface area contributed by atoms with E-state index in [0.717, 1.165) is 35.2 Å². The van der Waals surface area contributed by atoms with Gasteiger partial charge in [-0.3, -0.25) is 29.5 Å². The number of aromatic amines is 2. The minimum Gasteiger partial charge on any atom is -0.295 e. The SMILES string of the molecule is O=C(C1CCCC1)n1c2cncc(c2)c2cnc3[nH][nH]c(c4nc5ccnc(c6ccc1s6)c5n4)-c3c2F. The summed E-state index contributed by atoms with van der Waals surface area (Å²) in [6.45, 7) is 0. The van der Waals surface area contributed by atoms with Crippen LogP contribution in [0.1, 0.15) is 30.5 Å². The van der Waals surface area contributed by atoms with Crippen molar-refractivity contribution in [2.45, 2.75) is 25.7 Å². The third-order valence-electron chi connectivity index (χ3n) is 7.41. The molecule has 0 spiro atoms. The number of thiophene rings is 1. The maximum absolute atomic E-state index is 16.2. The second-order valence-electron chi connectivity index (χ2n) is 9.63. The van der Waals surface area contributed by atoms with Crippen LogP contribution in [-0.4, -0.2) is 45.6 Å². The summed E-state index contributed by atoms with van der Waals surface area (Å²) in [4.78, 5) is 37.6. The van der Waals surface area contributed by atoms with Crippen molar-refractivity contribution >= 4 is 70.9 Å². The van der Waals surface area contributed by atoms with Gasteiger partial charge >= 0.3 is 0 Å². The van der Waals surface area contributed by atoms with E-state index in [-0.39, 0.29) is 22.8 Å². The Kier molecular flexibility index (Phi) is 4.54. The van der Waals surface area contributed by atoms with Crippen LogP contribution in [0.4, 0.5) is 4.39 Å². The van der Waals surface area contributed by atoms with Gasteiger partial charge in [-0.25, -0.2) is 19.3 Å². The van der Waals surface area contributed by atoms with Gasteiger partial charge in [-0.05, 0) is 37.1 Å². The van der Waals surface area contributed by atoms with Crippen LogP contribution in [0, 0.1) is 11.7 Å². The van der Waals surface area contributed by atoms with E-state index in [9.17, 15) is 4.79 Å². The van der Waals surface area contributed by atoms with Gasteiger partial charge in [-0.15, -0.1) is 11.3 Å². The molecule has 1 saturated carbocycles. The standard InChI is InChI=1S/C27H19FN8OS/c28-21-16-12-31-25-20(21)24(34-35-25)26-32-17-7-8-30-23(22(17)33-26)18-5-6-19(38-18)36(15-9-14(16)10-29-11-15)27(37)13-3-1-2-4-13/h5-13,34H,1-4H2,(H,31,35). The lowest BCUT2D eigenvalue weighted by Crippen LogP contribution is -2.19. The van der Waals surface area contributed by atoms with E-state index >= 15 is 4.39 Å². The monoisotopic (exact) mass is 522 g/mol. The highest BCUT2D eigenvalue weighted by atomic mass is 32.1. The van der Waals surface area contributed by atoms with Crippen LogP contribution in [0.3, 0.4) is 0 Å². The van der Waals surface area contributed by atoms with Crippen molar-refractivity contribution in [3.8, 4) is 11.3 Å². The van der Waals surface area contributed by atoms with E-state index in [1.165, 1.54) is 17.5 Å². The number of carbonyl (C=O) groups excluding carboxylic acids is 1. The van der Waals surface area contributed by atoms with Crippen molar-refractivity contribution < 1.29 is 9.18 Å². The van der Waals surface area contributed by atoms with Crippen LogP contribution in [0.2, 0.25) is 0 Å². The number of hydrogen-bond donors (Lipinski definition) is 2. The van der Waals surface area contributed by atoms with Crippen LogP contribution in [0.5, 0.6) is 0 Å². The first kappa shape index (κ1) is 21.6. The molecular formula is C27H19FN8OS. The van der Waals surface area contributed by atoms with Gasteiger partial charge in [-0.2, -0.15) is 0 Å². The van der Waals surface area contributed by atoms with Crippen LogP contribution < -0.4 is 0 Å². The van der Waals surface area contributed by atoms with Gasteiger partial charge in [0.1, 0.15) is 27.4 Å². The van der Waals surface area contributed by atoms with Gasteiger partial charge in [0.25, 0.3) is 0 Å². The normalized spacial score (nSPS) is 14.6. The number of carbonyl (C=O) groups is 1. The Morgan fingerprint density at radius 1 is 1.03 bits per heavy atom. The molecule has 0 unspecified atom stereocenters.